The van der Waals surface area contributed by atoms with Gasteiger partial charge in [-0.25, -0.2) is 5.43 Å². The molecule has 0 aliphatic carbocycles. The van der Waals surface area contributed by atoms with Crippen molar-refractivity contribution in [1.29, 1.82) is 0 Å². The number of hydrazone groups is 1. The number of amides is 1. The molecule has 9 heteroatoms. The number of carbonyl (C=O) groups is 1. The van der Waals surface area contributed by atoms with E-state index in [1.807, 2.05) is 0 Å². The van der Waals surface area contributed by atoms with Gasteiger partial charge in [-0.1, -0.05) is 34.6 Å². The maximum atomic E-state index is 12.0. The lowest BCUT2D eigenvalue weighted by molar-refractivity contribution is -0.386. The van der Waals surface area contributed by atoms with Gasteiger partial charge in [0.2, 0.25) is 5.75 Å². The molecule has 1 aromatic heterocycles. The molecular weight excluding hydrogens is 454 g/mol. The van der Waals surface area contributed by atoms with Crippen LogP contribution in [0.1, 0.15) is 52.4 Å². The first-order chi connectivity index (χ1) is 13.9. The molecule has 162 valence electrons. The topological polar surface area (TPSA) is 107 Å². The molecule has 1 N–H and O–H groups in total. The van der Waals surface area contributed by atoms with Gasteiger partial charge in [0.25, 0.3) is 5.91 Å². The van der Waals surface area contributed by atoms with Gasteiger partial charge in [0.15, 0.2) is 6.61 Å². The van der Waals surface area contributed by atoms with Crippen LogP contribution in [0.4, 0.5) is 5.69 Å². The van der Waals surface area contributed by atoms with E-state index in [4.69, 9.17) is 9.15 Å². The fourth-order valence-corrected chi connectivity index (χ4v) is 3.94. The molecule has 1 aromatic carbocycles. The van der Waals surface area contributed by atoms with Crippen molar-refractivity contribution in [2.24, 2.45) is 10.5 Å². The average molecular weight is 480 g/mol. The molecular formula is C21H26BrN3O5. The lowest BCUT2D eigenvalue weighted by Crippen LogP contribution is -2.26. The summed E-state index contributed by atoms with van der Waals surface area (Å²) < 4.78 is 10.9. The van der Waals surface area contributed by atoms with Crippen molar-refractivity contribution in [2.75, 3.05) is 6.61 Å². The van der Waals surface area contributed by atoms with Gasteiger partial charge < -0.3 is 9.15 Å². The third-order valence-electron chi connectivity index (χ3n) is 4.25. The van der Waals surface area contributed by atoms with Gasteiger partial charge in [-0.3, -0.25) is 14.9 Å². The van der Waals surface area contributed by atoms with E-state index in [2.05, 4.69) is 61.1 Å². The molecule has 30 heavy (non-hydrogen) atoms. The van der Waals surface area contributed by atoms with Gasteiger partial charge in [0, 0.05) is 6.07 Å². The van der Waals surface area contributed by atoms with Crippen LogP contribution in [0.2, 0.25) is 0 Å². The van der Waals surface area contributed by atoms with Crippen LogP contribution in [0.25, 0.3) is 0 Å². The molecule has 0 spiro atoms. The predicted molar refractivity (Wildman–Crippen MR) is 118 cm³/mol. The monoisotopic (exact) mass is 479 g/mol. The first kappa shape index (κ1) is 23.6. The zero-order valence-corrected chi connectivity index (χ0v) is 19.3. The summed E-state index contributed by atoms with van der Waals surface area (Å²) in [7, 11) is 0. The molecule has 0 bridgehead atoms. The molecule has 2 aromatic rings. The van der Waals surface area contributed by atoms with Crippen LogP contribution in [0, 0.1) is 15.5 Å². The number of furan rings is 1. The standard InChI is InChI=1S/C21H26BrN3O5/c1-20(2,3)13-21(4,5)14-9-16(22)19(17(10-14)25(27)28)30-12-18(26)24-23-11-15-7-6-8-29-15/h6-11H,12-13H2,1-5H3,(H,24,26)/b23-11+. The second kappa shape index (κ2) is 9.42. The Labute approximate surface area is 184 Å². The van der Waals surface area contributed by atoms with E-state index in [9.17, 15) is 14.9 Å². The first-order valence-corrected chi connectivity index (χ1v) is 10.1. The number of halogens is 1. The maximum absolute atomic E-state index is 12.0. The number of nitro groups is 1. The van der Waals surface area contributed by atoms with E-state index in [1.54, 1.807) is 18.2 Å². The Morgan fingerprint density at radius 1 is 1.33 bits per heavy atom. The number of nitrogens with zero attached hydrogens (tertiary/aromatic N) is 2. The summed E-state index contributed by atoms with van der Waals surface area (Å²) in [6.45, 7) is 10.1. The lowest BCUT2D eigenvalue weighted by Gasteiger charge is -2.33. The highest BCUT2D eigenvalue weighted by molar-refractivity contribution is 9.10. The lowest BCUT2D eigenvalue weighted by atomic mass is 9.72. The Morgan fingerprint density at radius 2 is 2.03 bits per heavy atom. The van der Waals surface area contributed by atoms with Crippen molar-refractivity contribution < 1.29 is 18.9 Å². The molecule has 8 nitrogen and oxygen atoms in total. The molecule has 0 aliphatic rings. The Morgan fingerprint density at radius 3 is 2.60 bits per heavy atom. The molecule has 0 fully saturated rings. The number of benzene rings is 1. The van der Waals surface area contributed by atoms with Gasteiger partial charge >= 0.3 is 5.69 Å². The van der Waals surface area contributed by atoms with Crippen molar-refractivity contribution in [3.05, 3.63) is 56.4 Å². The summed E-state index contributed by atoms with van der Waals surface area (Å²) in [6.07, 6.45) is 3.65. The van der Waals surface area contributed by atoms with Crippen LogP contribution in [0.15, 0.2) is 44.5 Å². The third-order valence-corrected chi connectivity index (χ3v) is 4.84. The minimum absolute atomic E-state index is 0.000438. The minimum atomic E-state index is -0.559. The van der Waals surface area contributed by atoms with E-state index in [0.717, 1.165) is 12.0 Å². The van der Waals surface area contributed by atoms with Crippen LogP contribution in [-0.4, -0.2) is 23.7 Å². The number of rotatable bonds is 8. The first-order valence-electron chi connectivity index (χ1n) is 9.36. The molecule has 1 heterocycles. The van der Waals surface area contributed by atoms with Crippen LogP contribution >= 0.6 is 15.9 Å². The van der Waals surface area contributed by atoms with Crippen LogP contribution < -0.4 is 10.2 Å². The SMILES string of the molecule is CC(C)(C)CC(C)(C)c1cc(Br)c(OCC(=O)N/N=C/c2ccco2)c([N+](=O)[O-])c1. The van der Waals surface area contributed by atoms with E-state index >= 15 is 0 Å². The van der Waals surface area contributed by atoms with Crippen LogP contribution in [0.5, 0.6) is 5.75 Å². The molecule has 0 atom stereocenters. The summed E-state index contributed by atoms with van der Waals surface area (Å²) in [6, 6.07) is 6.69. The molecule has 0 radical (unpaired) electrons. The molecule has 0 saturated carbocycles. The van der Waals surface area contributed by atoms with Crippen molar-refractivity contribution in [2.45, 2.75) is 46.5 Å². The Kier molecular flexibility index (Phi) is 7.41. The Balaban J connectivity index is 2.15. The summed E-state index contributed by atoms with van der Waals surface area (Å²) in [4.78, 5) is 23.1. The summed E-state index contributed by atoms with van der Waals surface area (Å²) in [5.74, 6) is -0.0836. The number of ether oxygens (including phenoxy) is 1. The summed E-state index contributed by atoms with van der Waals surface area (Å²) in [5, 5.41) is 15.4. The second-order valence-corrected chi connectivity index (χ2v) is 9.64. The smallest absolute Gasteiger partial charge is 0.312 e. The van der Waals surface area contributed by atoms with Crippen molar-refractivity contribution in [1.82, 2.24) is 5.43 Å². The fourth-order valence-electron chi connectivity index (χ4n) is 3.38. The quantitative estimate of drug-likeness (QED) is 0.318. The Hall–Kier alpha value is -2.68. The number of nitro benzene ring substituents is 1. The van der Waals surface area contributed by atoms with Crippen molar-refractivity contribution in [3.63, 3.8) is 0 Å². The van der Waals surface area contributed by atoms with Crippen LogP contribution in [0.3, 0.4) is 0 Å². The second-order valence-electron chi connectivity index (χ2n) is 8.78. The van der Waals surface area contributed by atoms with E-state index in [0.29, 0.717) is 10.2 Å². The highest BCUT2D eigenvalue weighted by Gasteiger charge is 2.31. The van der Waals surface area contributed by atoms with Crippen molar-refractivity contribution in [3.8, 4) is 5.75 Å². The minimum Gasteiger partial charge on any atom is -0.476 e. The molecule has 0 unspecified atom stereocenters. The largest absolute Gasteiger partial charge is 0.476 e. The predicted octanol–water partition coefficient (Wildman–Crippen LogP) is 5.19. The number of carbonyl (C=O) groups excluding carboxylic acids is 1. The zero-order valence-electron chi connectivity index (χ0n) is 17.7. The number of hydrogen-bond acceptors (Lipinski definition) is 6. The molecule has 2 rings (SSSR count). The highest BCUT2D eigenvalue weighted by Crippen LogP contribution is 2.43. The van der Waals surface area contributed by atoms with Gasteiger partial charge in [-0.15, -0.1) is 0 Å². The van der Waals surface area contributed by atoms with E-state index in [-0.39, 0.29) is 22.3 Å². The molecule has 0 aliphatic heterocycles. The maximum Gasteiger partial charge on any atom is 0.312 e. The third kappa shape index (κ3) is 6.69. The number of nitrogens with one attached hydrogen (secondary N) is 1. The normalized spacial score (nSPS) is 12.2. The van der Waals surface area contributed by atoms with Crippen LogP contribution in [-0.2, 0) is 10.2 Å². The van der Waals surface area contributed by atoms with Gasteiger partial charge in [-0.2, -0.15) is 5.10 Å². The molecule has 0 saturated heterocycles. The highest BCUT2D eigenvalue weighted by atomic mass is 79.9. The summed E-state index contributed by atoms with van der Waals surface area (Å²) in [5.41, 5.74) is 2.66. The van der Waals surface area contributed by atoms with Gasteiger partial charge in [-0.05, 0) is 56.9 Å². The average Bonchev–Trinajstić information content (AvgIpc) is 3.11. The Bertz CT molecular complexity index is 931. The zero-order chi connectivity index (χ0) is 22.5. The van der Waals surface area contributed by atoms with Gasteiger partial charge in [0.05, 0.1) is 21.9 Å². The van der Waals surface area contributed by atoms with E-state index < -0.39 is 17.4 Å². The fraction of sp³-hybridized carbons (Fsp3) is 0.429. The van der Waals surface area contributed by atoms with E-state index in [1.165, 1.54) is 18.5 Å². The van der Waals surface area contributed by atoms with Crippen molar-refractivity contribution >= 4 is 33.7 Å². The summed E-state index contributed by atoms with van der Waals surface area (Å²) >= 11 is 3.36. The number of hydrogen-bond donors (Lipinski definition) is 1. The van der Waals surface area contributed by atoms with Gasteiger partial charge in [0.1, 0.15) is 5.76 Å². The molecule has 1 amide bonds.